The van der Waals surface area contributed by atoms with Crippen LogP contribution in [0.3, 0.4) is 0 Å². The van der Waals surface area contributed by atoms with Crippen LogP contribution in [0.4, 0.5) is 0 Å². The van der Waals surface area contributed by atoms with Crippen LogP contribution in [-0.4, -0.2) is 32.0 Å². The Morgan fingerprint density at radius 3 is 2.00 bits per heavy atom. The van der Waals surface area contributed by atoms with Crippen molar-refractivity contribution in [3.8, 4) is 22.3 Å². The number of aryl methyl sites for hydroxylation is 1. The van der Waals surface area contributed by atoms with Gasteiger partial charge < -0.3 is 21.0 Å². The van der Waals surface area contributed by atoms with Crippen LogP contribution in [0.1, 0.15) is 43.9 Å². The van der Waals surface area contributed by atoms with Crippen molar-refractivity contribution in [2.24, 2.45) is 23.5 Å². The summed E-state index contributed by atoms with van der Waals surface area (Å²) in [6, 6.07) is 28.1. The molecule has 9 rings (SSSR count). The molecule has 2 aliphatic carbocycles. The maximum atomic E-state index is 5.98. The third-order valence-electron chi connectivity index (χ3n) is 10.1. The molecule has 6 unspecified atom stereocenters. The normalized spacial score (nSPS) is 26.7. The first kappa shape index (κ1) is 23.7. The van der Waals surface area contributed by atoms with E-state index >= 15 is 0 Å². The fraction of sp³-hybridized carbons (Fsp3) is 0.314. The Labute approximate surface area is 238 Å². The van der Waals surface area contributed by atoms with Gasteiger partial charge in [0.1, 0.15) is 11.6 Å². The number of aromatic nitrogens is 4. The fourth-order valence-electron chi connectivity index (χ4n) is 7.21. The molecule has 2 aromatic heterocycles. The van der Waals surface area contributed by atoms with Crippen LogP contribution in [0.2, 0.25) is 0 Å². The zero-order valence-electron chi connectivity index (χ0n) is 23.2. The molecule has 0 amide bonds. The summed E-state index contributed by atoms with van der Waals surface area (Å²) in [7, 11) is 0. The van der Waals surface area contributed by atoms with Gasteiger partial charge in [0.25, 0.3) is 0 Å². The zero-order chi connectivity index (χ0) is 27.2. The van der Waals surface area contributed by atoms with Crippen molar-refractivity contribution < 1.29 is 0 Å². The van der Waals surface area contributed by atoms with Crippen LogP contribution in [0.15, 0.2) is 72.8 Å². The van der Waals surface area contributed by atoms with E-state index in [4.69, 9.17) is 15.7 Å². The van der Waals surface area contributed by atoms with Crippen molar-refractivity contribution in [3.63, 3.8) is 0 Å². The topological polar surface area (TPSA) is 95.4 Å². The fourth-order valence-corrected chi connectivity index (χ4v) is 7.21. The molecular weight excluding hydrogens is 504 g/mol. The Hall–Kier alpha value is -4.00. The number of nitrogens with zero attached hydrogens (tertiary/aromatic N) is 2. The van der Waals surface area contributed by atoms with Crippen LogP contribution in [0, 0.1) is 17.8 Å². The molecular formula is C35H34N6. The lowest BCUT2D eigenvalue weighted by molar-refractivity contribution is 0.499. The summed E-state index contributed by atoms with van der Waals surface area (Å²) in [5.74, 6) is 4.46. The van der Waals surface area contributed by atoms with Crippen molar-refractivity contribution in [2.45, 2.75) is 50.7 Å². The minimum absolute atomic E-state index is 0.356. The highest BCUT2D eigenvalue weighted by Gasteiger charge is 2.53. The molecule has 0 radical (unpaired) electrons. The summed E-state index contributed by atoms with van der Waals surface area (Å²) >= 11 is 0. The largest absolute Gasteiger partial charge is 0.342 e. The number of aromatic amines is 2. The molecule has 1 saturated heterocycles. The Morgan fingerprint density at radius 2 is 1.37 bits per heavy atom. The quantitative estimate of drug-likeness (QED) is 0.186. The molecule has 6 aromatic rings. The zero-order valence-corrected chi connectivity index (χ0v) is 23.2. The molecule has 0 spiro atoms. The van der Waals surface area contributed by atoms with Gasteiger partial charge in [-0.3, -0.25) is 0 Å². The summed E-state index contributed by atoms with van der Waals surface area (Å²) in [5.41, 5.74) is 15.1. The van der Waals surface area contributed by atoms with Gasteiger partial charge in [-0.15, -0.1) is 0 Å². The lowest BCUT2D eigenvalue weighted by Gasteiger charge is -2.11. The molecule has 6 heteroatoms. The standard InChI is InChI=1S/C35H34N6/c1-18-26-17-32(39-34(18)26)35-40-29-10-7-24(16-31(29)41-35)22-5-3-19-12-21(4-2-20(19)13-22)23-6-9-28-30(15-23)38-33(37-28)11-8-25-14-27(25)36/h2-7,9-10,12-13,15-16,18,25-27,32,34,39H,8,11,14,17,36H2,1H3,(H,37,38)(H,40,41). The molecule has 6 atom stereocenters. The van der Waals surface area contributed by atoms with Crippen LogP contribution in [0.25, 0.3) is 55.1 Å². The molecule has 3 aliphatic rings. The minimum Gasteiger partial charge on any atom is -0.342 e. The van der Waals surface area contributed by atoms with Gasteiger partial charge in [0.15, 0.2) is 0 Å². The van der Waals surface area contributed by atoms with E-state index in [1.54, 1.807) is 0 Å². The Kier molecular flexibility index (Phi) is 5.05. The third-order valence-corrected chi connectivity index (χ3v) is 10.1. The van der Waals surface area contributed by atoms with Crippen LogP contribution >= 0.6 is 0 Å². The smallest absolute Gasteiger partial charge is 0.124 e. The number of rotatable bonds is 6. The maximum Gasteiger partial charge on any atom is 0.124 e. The molecule has 4 aromatic carbocycles. The Bertz CT molecular complexity index is 1950. The molecule has 0 bridgehead atoms. The van der Waals surface area contributed by atoms with Gasteiger partial charge in [0, 0.05) is 18.5 Å². The average Bonchev–Trinajstić information content (AvgIpc) is 3.55. The number of nitrogens with two attached hydrogens (primary N) is 1. The summed E-state index contributed by atoms with van der Waals surface area (Å²) in [6.07, 6.45) is 4.44. The first-order valence-electron chi connectivity index (χ1n) is 15.1. The number of piperidine rings is 1. The van der Waals surface area contributed by atoms with Crippen molar-refractivity contribution in [3.05, 3.63) is 84.4 Å². The predicted molar refractivity (Wildman–Crippen MR) is 165 cm³/mol. The highest BCUT2D eigenvalue weighted by Crippen LogP contribution is 2.50. The lowest BCUT2D eigenvalue weighted by Crippen LogP contribution is -2.20. The predicted octanol–water partition coefficient (Wildman–Crippen LogP) is 6.88. The molecule has 5 N–H and O–H groups in total. The molecule has 41 heavy (non-hydrogen) atoms. The van der Waals surface area contributed by atoms with Gasteiger partial charge in [0.05, 0.1) is 28.1 Å². The van der Waals surface area contributed by atoms with Crippen LogP contribution < -0.4 is 11.1 Å². The summed E-state index contributed by atoms with van der Waals surface area (Å²) in [6.45, 7) is 2.34. The van der Waals surface area contributed by atoms with Crippen molar-refractivity contribution in [2.75, 3.05) is 0 Å². The minimum atomic E-state index is 0.356. The molecule has 204 valence electrons. The van der Waals surface area contributed by atoms with E-state index in [2.05, 4.69) is 95.0 Å². The SMILES string of the molecule is CC1C2CC(c3nc4ccc(-c5ccc6cc(-c7ccc8nc(CCC9CC9N)[nH]c8c7)ccc6c5)cc4[nH]3)NC12. The van der Waals surface area contributed by atoms with Gasteiger partial charge in [-0.05, 0) is 106 Å². The van der Waals surface area contributed by atoms with Crippen molar-refractivity contribution >= 4 is 32.8 Å². The van der Waals surface area contributed by atoms with E-state index in [0.29, 0.717) is 24.0 Å². The van der Waals surface area contributed by atoms with Gasteiger partial charge in [-0.2, -0.15) is 0 Å². The highest BCUT2D eigenvalue weighted by molar-refractivity contribution is 5.93. The van der Waals surface area contributed by atoms with Crippen LogP contribution in [-0.2, 0) is 6.42 Å². The van der Waals surface area contributed by atoms with E-state index in [1.165, 1.54) is 39.4 Å². The van der Waals surface area contributed by atoms with Crippen LogP contribution in [0.5, 0.6) is 0 Å². The second kappa shape index (κ2) is 8.75. The third kappa shape index (κ3) is 4.08. The lowest BCUT2D eigenvalue weighted by atomic mass is 9.97. The highest BCUT2D eigenvalue weighted by atomic mass is 15.1. The molecule has 3 heterocycles. The number of hydrogen-bond donors (Lipinski definition) is 4. The van der Waals surface area contributed by atoms with E-state index in [-0.39, 0.29) is 0 Å². The number of H-pyrrole nitrogens is 2. The number of hydrogen-bond acceptors (Lipinski definition) is 4. The first-order chi connectivity index (χ1) is 20.1. The molecule has 2 saturated carbocycles. The van der Waals surface area contributed by atoms with Crippen molar-refractivity contribution in [1.29, 1.82) is 0 Å². The van der Waals surface area contributed by atoms with Gasteiger partial charge >= 0.3 is 0 Å². The number of fused-ring (bicyclic) bond motifs is 4. The monoisotopic (exact) mass is 538 g/mol. The number of benzene rings is 4. The first-order valence-corrected chi connectivity index (χ1v) is 15.1. The summed E-state index contributed by atoms with van der Waals surface area (Å²) in [5, 5.41) is 6.23. The van der Waals surface area contributed by atoms with E-state index < -0.39 is 0 Å². The van der Waals surface area contributed by atoms with E-state index in [0.717, 1.165) is 64.8 Å². The molecule has 6 nitrogen and oxygen atoms in total. The van der Waals surface area contributed by atoms with E-state index in [1.807, 2.05) is 0 Å². The summed E-state index contributed by atoms with van der Waals surface area (Å²) in [4.78, 5) is 16.9. The Balaban J connectivity index is 0.967. The van der Waals surface area contributed by atoms with Gasteiger partial charge in [0.2, 0.25) is 0 Å². The summed E-state index contributed by atoms with van der Waals surface area (Å²) < 4.78 is 0. The van der Waals surface area contributed by atoms with Gasteiger partial charge in [-0.25, -0.2) is 9.97 Å². The van der Waals surface area contributed by atoms with E-state index in [9.17, 15) is 0 Å². The maximum absolute atomic E-state index is 5.98. The molecule has 3 fully saturated rings. The second-order valence-electron chi connectivity index (χ2n) is 12.7. The molecule has 1 aliphatic heterocycles. The average molecular weight is 539 g/mol. The van der Waals surface area contributed by atoms with Gasteiger partial charge in [-0.1, -0.05) is 43.3 Å². The number of nitrogens with one attached hydrogen (secondary N) is 3. The van der Waals surface area contributed by atoms with Crippen molar-refractivity contribution in [1.82, 2.24) is 25.3 Å². The number of imidazole rings is 2. The Morgan fingerprint density at radius 1 is 0.756 bits per heavy atom. The second-order valence-corrected chi connectivity index (χ2v) is 12.7.